The maximum Gasteiger partial charge on any atom is 0.0604 e. The monoisotopic (exact) mass is 111 g/mol. The lowest BCUT2D eigenvalue weighted by molar-refractivity contribution is 0.316. The first-order valence-electron chi connectivity index (χ1n) is 3.12. The molecule has 0 heterocycles. The number of fused-ring (bicyclic) bond motifs is 1. The van der Waals surface area contributed by atoms with Crippen LogP contribution in [-0.2, 0) is 0 Å². The minimum Gasteiger partial charge on any atom is -0.411 e. The summed E-state index contributed by atoms with van der Waals surface area (Å²) < 4.78 is 0. The van der Waals surface area contributed by atoms with E-state index in [2.05, 4.69) is 5.16 Å². The van der Waals surface area contributed by atoms with Crippen molar-refractivity contribution >= 4 is 5.71 Å². The number of hydrogen-bond acceptors (Lipinski definition) is 2. The van der Waals surface area contributed by atoms with Crippen molar-refractivity contribution in [3.8, 4) is 0 Å². The highest BCUT2D eigenvalue weighted by molar-refractivity contribution is 5.91. The summed E-state index contributed by atoms with van der Waals surface area (Å²) in [5.41, 5.74) is 1.05. The second-order valence-electron chi connectivity index (χ2n) is 2.73. The van der Waals surface area contributed by atoms with Crippen LogP contribution in [0.3, 0.4) is 0 Å². The second-order valence-corrected chi connectivity index (χ2v) is 2.73. The Morgan fingerprint density at radius 1 is 1.62 bits per heavy atom. The first kappa shape index (κ1) is 4.36. The van der Waals surface area contributed by atoms with Gasteiger partial charge < -0.3 is 5.21 Å². The van der Waals surface area contributed by atoms with Crippen molar-refractivity contribution in [3.63, 3.8) is 0 Å². The smallest absolute Gasteiger partial charge is 0.0604 e. The summed E-state index contributed by atoms with van der Waals surface area (Å²) in [5.74, 6) is 1.60. The Bertz CT molecular complexity index is 141. The van der Waals surface area contributed by atoms with Crippen LogP contribution >= 0.6 is 0 Å². The number of hydrogen-bond donors (Lipinski definition) is 1. The van der Waals surface area contributed by atoms with Crippen LogP contribution < -0.4 is 0 Å². The summed E-state index contributed by atoms with van der Waals surface area (Å²) in [6, 6.07) is 0. The zero-order valence-electron chi connectivity index (χ0n) is 4.67. The van der Waals surface area contributed by atoms with Crippen molar-refractivity contribution in [1.82, 2.24) is 0 Å². The largest absolute Gasteiger partial charge is 0.411 e. The summed E-state index contributed by atoms with van der Waals surface area (Å²) in [6.45, 7) is 0. The van der Waals surface area contributed by atoms with Crippen molar-refractivity contribution in [3.05, 3.63) is 0 Å². The third kappa shape index (κ3) is 0.403. The van der Waals surface area contributed by atoms with Crippen LogP contribution in [0.5, 0.6) is 0 Å². The molecule has 2 aliphatic carbocycles. The Balaban J connectivity index is 2.17. The third-order valence-corrected chi connectivity index (χ3v) is 2.25. The molecule has 2 heteroatoms. The first-order chi connectivity index (χ1) is 3.92. The van der Waals surface area contributed by atoms with Gasteiger partial charge in [-0.15, -0.1) is 0 Å². The molecular formula is C6H9NO. The maximum atomic E-state index is 8.35. The lowest BCUT2D eigenvalue weighted by Gasteiger charge is -1.89. The molecule has 0 aromatic carbocycles. The van der Waals surface area contributed by atoms with Crippen LogP contribution in [0.4, 0.5) is 0 Å². The molecule has 2 saturated carbocycles. The first-order valence-corrected chi connectivity index (χ1v) is 3.12. The van der Waals surface area contributed by atoms with Gasteiger partial charge in [-0.25, -0.2) is 0 Å². The van der Waals surface area contributed by atoms with Crippen LogP contribution in [0.1, 0.15) is 19.3 Å². The fourth-order valence-electron chi connectivity index (χ4n) is 1.62. The molecule has 0 saturated heterocycles. The lowest BCUT2D eigenvalue weighted by atomic mass is 10.2. The molecule has 0 spiro atoms. The Kier molecular flexibility index (Phi) is 0.678. The zero-order valence-corrected chi connectivity index (χ0v) is 4.67. The summed E-state index contributed by atoms with van der Waals surface area (Å²) >= 11 is 0. The Labute approximate surface area is 48.2 Å². The van der Waals surface area contributed by atoms with Crippen molar-refractivity contribution in [2.24, 2.45) is 17.0 Å². The molecule has 1 N–H and O–H groups in total. The molecule has 0 radical (unpaired) electrons. The third-order valence-electron chi connectivity index (χ3n) is 2.25. The van der Waals surface area contributed by atoms with Crippen molar-refractivity contribution in [1.29, 1.82) is 0 Å². The average Bonchev–Trinajstić information content (AvgIpc) is 2.46. The van der Waals surface area contributed by atoms with Crippen molar-refractivity contribution < 1.29 is 5.21 Å². The van der Waals surface area contributed by atoms with Gasteiger partial charge in [0.15, 0.2) is 0 Å². The molecule has 8 heavy (non-hydrogen) atoms. The molecule has 2 aliphatic rings. The van der Waals surface area contributed by atoms with Crippen LogP contribution in [0.2, 0.25) is 0 Å². The quantitative estimate of drug-likeness (QED) is 0.370. The molecule has 0 bridgehead atoms. The molecule has 0 aliphatic heterocycles. The standard InChI is InChI=1S/C6H9NO/c8-7-6-2-1-4-3-5(4)6/h4-5,8H,1-3H2/b7-6+. The molecule has 2 unspecified atom stereocenters. The van der Waals surface area contributed by atoms with Gasteiger partial charge in [-0.1, -0.05) is 5.16 Å². The SMILES string of the molecule is O/N=C1\CCC2CC12. The molecule has 0 aromatic rings. The molecule has 2 atom stereocenters. The van der Waals surface area contributed by atoms with Gasteiger partial charge in [0.2, 0.25) is 0 Å². The van der Waals surface area contributed by atoms with Gasteiger partial charge in [-0.05, 0) is 25.2 Å². The van der Waals surface area contributed by atoms with E-state index < -0.39 is 0 Å². The molecule has 2 nitrogen and oxygen atoms in total. The van der Waals surface area contributed by atoms with Crippen LogP contribution in [-0.4, -0.2) is 10.9 Å². The predicted molar refractivity (Wildman–Crippen MR) is 30.1 cm³/mol. The molecule has 44 valence electrons. The van der Waals surface area contributed by atoms with Gasteiger partial charge in [0.25, 0.3) is 0 Å². The van der Waals surface area contributed by atoms with E-state index >= 15 is 0 Å². The van der Waals surface area contributed by atoms with Gasteiger partial charge in [0, 0.05) is 5.92 Å². The number of oxime groups is 1. The minimum atomic E-state index is 0.694. The Hall–Kier alpha value is -0.530. The molecule has 2 fully saturated rings. The van der Waals surface area contributed by atoms with Crippen LogP contribution in [0.25, 0.3) is 0 Å². The zero-order chi connectivity index (χ0) is 5.56. The van der Waals surface area contributed by atoms with E-state index in [-0.39, 0.29) is 0 Å². The van der Waals surface area contributed by atoms with Gasteiger partial charge >= 0.3 is 0 Å². The van der Waals surface area contributed by atoms with Crippen LogP contribution in [0, 0.1) is 11.8 Å². The Morgan fingerprint density at radius 2 is 2.50 bits per heavy atom. The maximum absolute atomic E-state index is 8.35. The highest BCUT2D eigenvalue weighted by Crippen LogP contribution is 2.49. The fourth-order valence-corrected chi connectivity index (χ4v) is 1.62. The van der Waals surface area contributed by atoms with Crippen molar-refractivity contribution in [2.75, 3.05) is 0 Å². The van der Waals surface area contributed by atoms with Gasteiger partial charge in [-0.3, -0.25) is 0 Å². The normalized spacial score (nSPS) is 47.2. The Morgan fingerprint density at radius 3 is 2.75 bits per heavy atom. The summed E-state index contributed by atoms with van der Waals surface area (Å²) in [7, 11) is 0. The highest BCUT2D eigenvalue weighted by atomic mass is 16.4. The molecule has 0 amide bonds. The van der Waals surface area contributed by atoms with E-state index in [1.807, 2.05) is 0 Å². The number of rotatable bonds is 0. The van der Waals surface area contributed by atoms with E-state index in [4.69, 9.17) is 5.21 Å². The van der Waals surface area contributed by atoms with Crippen LogP contribution in [0.15, 0.2) is 5.16 Å². The highest BCUT2D eigenvalue weighted by Gasteiger charge is 2.46. The average molecular weight is 111 g/mol. The molecule has 2 rings (SSSR count). The van der Waals surface area contributed by atoms with Gasteiger partial charge in [0.05, 0.1) is 5.71 Å². The van der Waals surface area contributed by atoms with E-state index in [0.29, 0.717) is 5.92 Å². The summed E-state index contributed by atoms with van der Waals surface area (Å²) in [6.07, 6.45) is 3.61. The van der Waals surface area contributed by atoms with Crippen molar-refractivity contribution in [2.45, 2.75) is 19.3 Å². The summed E-state index contributed by atoms with van der Waals surface area (Å²) in [4.78, 5) is 0. The van der Waals surface area contributed by atoms with Gasteiger partial charge in [0.1, 0.15) is 0 Å². The summed E-state index contributed by atoms with van der Waals surface area (Å²) in [5, 5.41) is 11.6. The topological polar surface area (TPSA) is 32.6 Å². The van der Waals surface area contributed by atoms with Gasteiger partial charge in [-0.2, -0.15) is 0 Å². The van der Waals surface area contributed by atoms with E-state index in [1.54, 1.807) is 0 Å². The van der Waals surface area contributed by atoms with E-state index in [9.17, 15) is 0 Å². The lowest BCUT2D eigenvalue weighted by Crippen LogP contribution is -1.93. The molecular weight excluding hydrogens is 102 g/mol. The predicted octanol–water partition coefficient (Wildman–Crippen LogP) is 1.25. The van der Waals surface area contributed by atoms with E-state index in [0.717, 1.165) is 18.1 Å². The fraction of sp³-hybridized carbons (Fsp3) is 0.833. The molecule has 0 aromatic heterocycles. The van der Waals surface area contributed by atoms with E-state index in [1.165, 1.54) is 12.8 Å². The second kappa shape index (κ2) is 1.24. The number of nitrogens with zero attached hydrogens (tertiary/aromatic N) is 1. The minimum absolute atomic E-state index is 0.694.